The monoisotopic (exact) mass is 361 g/mol. The Morgan fingerprint density at radius 1 is 1.26 bits per heavy atom. The van der Waals surface area contributed by atoms with E-state index in [-0.39, 0.29) is 5.75 Å². The van der Waals surface area contributed by atoms with Gasteiger partial charge in [-0.2, -0.15) is 0 Å². The topological polar surface area (TPSA) is 143 Å². The zero-order chi connectivity index (χ0) is 16.7. The molecule has 1 aromatic rings. The van der Waals surface area contributed by atoms with Crippen LogP contribution in [-0.2, 0) is 9.59 Å². The second-order valence-corrected chi connectivity index (χ2v) is 7.27. The number of carbonyl (C=O) groups is 2. The number of nitrogens with one attached hydrogen (secondary N) is 1. The Bertz CT molecular complexity index is 600. The second kappa shape index (κ2) is 6.34. The number of hydrogen-bond donors (Lipinski definition) is 5. The Balaban J connectivity index is 1.84. The van der Waals surface area contributed by atoms with Gasteiger partial charge in [0, 0.05) is 17.3 Å². The van der Waals surface area contributed by atoms with Crippen molar-refractivity contribution in [1.29, 1.82) is 0 Å². The summed E-state index contributed by atoms with van der Waals surface area (Å²) in [6.07, 6.45) is -5.36. The minimum Gasteiger partial charge on any atom is -0.387 e. The van der Waals surface area contributed by atoms with Crippen molar-refractivity contribution in [3.63, 3.8) is 0 Å². The lowest BCUT2D eigenvalue weighted by Crippen LogP contribution is -2.52. The van der Waals surface area contributed by atoms with Gasteiger partial charge in [0.15, 0.2) is 11.2 Å². The number of thioether (sulfide) groups is 1. The number of rotatable bonds is 2. The molecule has 2 amide bonds. The first-order chi connectivity index (χ1) is 10.9. The number of hydrogen-bond acceptors (Lipinski definition) is 9. The van der Waals surface area contributed by atoms with E-state index < -0.39 is 47.6 Å². The summed E-state index contributed by atoms with van der Waals surface area (Å²) in [6, 6.07) is -0.941. The number of aliphatic hydroxyl groups excluding tert-OH is 4. The molecule has 0 unspecified atom stereocenters. The number of carbonyl (C=O) groups excluding carboxylic acids is 2. The normalized spacial score (nSPS) is 37.4. The van der Waals surface area contributed by atoms with Crippen LogP contribution < -0.4 is 5.32 Å². The molecule has 0 aromatic carbocycles. The molecular weight excluding hydrogens is 346 g/mol. The van der Waals surface area contributed by atoms with Crippen molar-refractivity contribution in [1.82, 2.24) is 9.88 Å². The van der Waals surface area contributed by atoms with Crippen LogP contribution in [0.15, 0.2) is 11.6 Å². The molecule has 126 valence electrons. The lowest BCUT2D eigenvalue weighted by atomic mass is 10.1. The largest absolute Gasteiger partial charge is 0.387 e. The third-order valence-corrected chi connectivity index (χ3v) is 5.87. The van der Waals surface area contributed by atoms with Crippen LogP contribution in [0.4, 0.5) is 5.13 Å². The molecule has 23 heavy (non-hydrogen) atoms. The fraction of sp³-hybridized carbons (Fsp3) is 0.583. The van der Waals surface area contributed by atoms with E-state index in [0.717, 1.165) is 16.7 Å². The average molecular weight is 361 g/mol. The van der Waals surface area contributed by atoms with Gasteiger partial charge in [0.1, 0.15) is 29.7 Å². The smallest absolute Gasteiger partial charge is 0.255 e. The molecule has 2 aliphatic heterocycles. The minimum atomic E-state index is -1.90. The number of fused-ring (bicyclic) bond motifs is 1. The SMILES string of the molecule is O=C(Nc1nccs1)[C@@H]1CS[C@@H]2[C@H](O)[C@@H](O)[C@H](O)[C@H](O)C(=O)N21. The minimum absolute atomic E-state index is 0.195. The van der Waals surface area contributed by atoms with Gasteiger partial charge in [0.2, 0.25) is 5.91 Å². The highest BCUT2D eigenvalue weighted by Crippen LogP contribution is 2.36. The number of aliphatic hydroxyl groups is 4. The fourth-order valence-corrected chi connectivity index (χ4v) is 4.59. The first kappa shape index (κ1) is 16.6. The highest BCUT2D eigenvalue weighted by atomic mass is 32.2. The Labute approximate surface area is 138 Å². The number of amides is 2. The van der Waals surface area contributed by atoms with Gasteiger partial charge in [-0.05, 0) is 0 Å². The van der Waals surface area contributed by atoms with Gasteiger partial charge in [-0.15, -0.1) is 23.1 Å². The molecule has 0 saturated carbocycles. The van der Waals surface area contributed by atoms with Gasteiger partial charge in [-0.1, -0.05) is 0 Å². The first-order valence-corrected chi connectivity index (χ1v) is 8.71. The molecular formula is C12H15N3O6S2. The fourth-order valence-electron chi connectivity index (χ4n) is 2.60. The molecule has 0 radical (unpaired) electrons. The van der Waals surface area contributed by atoms with Crippen LogP contribution in [0.25, 0.3) is 0 Å². The summed E-state index contributed by atoms with van der Waals surface area (Å²) in [5.74, 6) is -1.21. The Morgan fingerprint density at radius 2 is 2.00 bits per heavy atom. The molecule has 3 heterocycles. The van der Waals surface area contributed by atoms with Crippen LogP contribution in [0.5, 0.6) is 0 Å². The van der Waals surface area contributed by atoms with E-state index in [4.69, 9.17) is 0 Å². The van der Waals surface area contributed by atoms with Crippen molar-refractivity contribution in [3.05, 3.63) is 11.6 Å². The van der Waals surface area contributed by atoms with Gasteiger partial charge >= 0.3 is 0 Å². The van der Waals surface area contributed by atoms with Crippen molar-refractivity contribution in [2.45, 2.75) is 35.8 Å². The van der Waals surface area contributed by atoms with Gasteiger partial charge < -0.3 is 30.6 Å². The summed E-state index contributed by atoms with van der Waals surface area (Å²) < 4.78 is 0. The van der Waals surface area contributed by atoms with E-state index in [2.05, 4.69) is 10.3 Å². The molecule has 0 bridgehead atoms. The standard InChI is InChI=1S/C12H15N3O6S2/c16-5-6(17)8(19)11-15(10(21)7(5)18)4(3-23-11)9(20)14-12-13-1-2-22-12/h1-2,4-8,11,16-19H,3H2,(H,13,14,20)/t4-,5-,6-,7-,8+,11+/m0/s1. The summed E-state index contributed by atoms with van der Waals surface area (Å²) in [5, 5.41) is 43.2. The summed E-state index contributed by atoms with van der Waals surface area (Å²) in [6.45, 7) is 0. The zero-order valence-electron chi connectivity index (χ0n) is 11.6. The molecule has 5 N–H and O–H groups in total. The number of aromatic nitrogens is 1. The van der Waals surface area contributed by atoms with Crippen molar-refractivity contribution >= 4 is 40.0 Å². The molecule has 2 saturated heterocycles. The molecule has 1 aromatic heterocycles. The molecule has 0 spiro atoms. The van der Waals surface area contributed by atoms with E-state index >= 15 is 0 Å². The molecule has 9 nitrogen and oxygen atoms in total. The molecule has 0 aliphatic carbocycles. The van der Waals surface area contributed by atoms with E-state index in [0.29, 0.717) is 5.13 Å². The third-order valence-electron chi connectivity index (χ3n) is 3.82. The van der Waals surface area contributed by atoms with Gasteiger partial charge in [-0.3, -0.25) is 9.59 Å². The van der Waals surface area contributed by atoms with E-state index in [1.54, 1.807) is 5.38 Å². The van der Waals surface area contributed by atoms with Crippen molar-refractivity contribution < 1.29 is 30.0 Å². The average Bonchev–Trinajstić information content (AvgIpc) is 3.18. The second-order valence-electron chi connectivity index (χ2n) is 5.23. The number of thiazole rings is 1. The summed E-state index contributed by atoms with van der Waals surface area (Å²) in [4.78, 5) is 29.6. The summed E-state index contributed by atoms with van der Waals surface area (Å²) in [5.41, 5.74) is 0. The molecule has 6 atom stereocenters. The molecule has 2 aliphatic rings. The maximum absolute atomic E-state index is 12.4. The zero-order valence-corrected chi connectivity index (χ0v) is 13.3. The Morgan fingerprint density at radius 3 is 2.65 bits per heavy atom. The van der Waals surface area contributed by atoms with Crippen LogP contribution in [0.3, 0.4) is 0 Å². The van der Waals surface area contributed by atoms with E-state index in [1.807, 2.05) is 0 Å². The first-order valence-electron chi connectivity index (χ1n) is 6.78. The van der Waals surface area contributed by atoms with Crippen LogP contribution in [0.1, 0.15) is 0 Å². The summed E-state index contributed by atoms with van der Waals surface area (Å²) >= 11 is 2.32. The lowest BCUT2D eigenvalue weighted by Gasteiger charge is -2.29. The Hall–Kier alpha value is -1.24. The van der Waals surface area contributed by atoms with Crippen LogP contribution in [-0.4, -0.2) is 83.7 Å². The number of nitrogens with zero attached hydrogens (tertiary/aromatic N) is 2. The maximum Gasteiger partial charge on any atom is 0.255 e. The quantitative estimate of drug-likeness (QED) is 0.400. The van der Waals surface area contributed by atoms with E-state index in [9.17, 15) is 30.0 Å². The Kier molecular flexibility index (Phi) is 4.58. The molecule has 2 fully saturated rings. The lowest BCUT2D eigenvalue weighted by molar-refractivity contribution is -0.150. The predicted molar refractivity (Wildman–Crippen MR) is 81.7 cm³/mol. The van der Waals surface area contributed by atoms with Crippen LogP contribution >= 0.6 is 23.1 Å². The van der Waals surface area contributed by atoms with Crippen molar-refractivity contribution in [3.8, 4) is 0 Å². The van der Waals surface area contributed by atoms with Crippen molar-refractivity contribution in [2.24, 2.45) is 0 Å². The van der Waals surface area contributed by atoms with Crippen molar-refractivity contribution in [2.75, 3.05) is 11.1 Å². The maximum atomic E-state index is 12.4. The van der Waals surface area contributed by atoms with Gasteiger partial charge in [0.25, 0.3) is 5.91 Å². The number of anilines is 1. The summed E-state index contributed by atoms with van der Waals surface area (Å²) in [7, 11) is 0. The highest BCUT2D eigenvalue weighted by molar-refractivity contribution is 8.00. The molecule has 3 rings (SSSR count). The van der Waals surface area contributed by atoms with Gasteiger partial charge in [-0.25, -0.2) is 4.98 Å². The van der Waals surface area contributed by atoms with Gasteiger partial charge in [0.05, 0.1) is 0 Å². The van der Waals surface area contributed by atoms with E-state index in [1.165, 1.54) is 17.5 Å². The molecule has 11 heteroatoms. The van der Waals surface area contributed by atoms with Crippen LogP contribution in [0.2, 0.25) is 0 Å². The third kappa shape index (κ3) is 2.84. The highest BCUT2D eigenvalue weighted by Gasteiger charge is 2.53. The predicted octanol–water partition coefficient (Wildman–Crippen LogP) is -2.19. The van der Waals surface area contributed by atoms with Crippen LogP contribution in [0, 0.1) is 0 Å².